The van der Waals surface area contributed by atoms with Crippen molar-refractivity contribution in [2.24, 2.45) is 0 Å². The average Bonchev–Trinajstić information content (AvgIpc) is 3.35. The number of para-hydroxylation sites is 1. The number of sulfonamides is 1. The van der Waals surface area contributed by atoms with E-state index in [1.165, 1.54) is 22.9 Å². The van der Waals surface area contributed by atoms with Crippen LogP contribution in [-0.4, -0.2) is 37.2 Å². The molecule has 0 atom stereocenters. The van der Waals surface area contributed by atoms with Crippen LogP contribution >= 0.6 is 0 Å². The molecule has 3 aromatic rings. The van der Waals surface area contributed by atoms with Crippen molar-refractivity contribution in [1.29, 1.82) is 0 Å². The molecule has 1 heterocycles. The Morgan fingerprint density at radius 3 is 2.58 bits per heavy atom. The molecule has 1 aliphatic rings. The topological polar surface area (TPSA) is 93.1 Å². The fourth-order valence-corrected chi connectivity index (χ4v) is 4.72. The Bertz CT molecular complexity index is 1220. The highest BCUT2D eigenvalue weighted by atomic mass is 32.2. The molecule has 1 aromatic heterocycles. The molecule has 0 saturated carbocycles. The van der Waals surface area contributed by atoms with Gasteiger partial charge in [-0.15, -0.1) is 0 Å². The largest absolute Gasteiger partial charge is 0.349 e. The molecule has 0 aliphatic heterocycles. The van der Waals surface area contributed by atoms with Crippen LogP contribution in [0, 0.1) is 12.7 Å². The second-order valence-corrected chi connectivity index (χ2v) is 9.22. The first-order valence-corrected chi connectivity index (χ1v) is 11.6. The first kappa shape index (κ1) is 21.2. The molecule has 0 bridgehead atoms. The Kier molecular flexibility index (Phi) is 5.88. The van der Waals surface area contributed by atoms with Crippen LogP contribution in [0.4, 0.5) is 4.39 Å². The molecular weight excluding hydrogens is 419 g/mol. The number of rotatable bonds is 7. The van der Waals surface area contributed by atoms with Crippen LogP contribution in [0.3, 0.4) is 0 Å². The molecule has 2 aromatic carbocycles. The summed E-state index contributed by atoms with van der Waals surface area (Å²) in [6, 6.07) is 12.8. The van der Waals surface area contributed by atoms with Gasteiger partial charge in [-0.3, -0.25) is 4.79 Å². The summed E-state index contributed by atoms with van der Waals surface area (Å²) in [5.74, 6) is -0.806. The predicted octanol–water partition coefficient (Wildman–Crippen LogP) is 2.52. The molecule has 7 nitrogen and oxygen atoms in total. The van der Waals surface area contributed by atoms with E-state index in [2.05, 4.69) is 15.1 Å². The van der Waals surface area contributed by atoms with E-state index in [1.54, 1.807) is 30.3 Å². The van der Waals surface area contributed by atoms with Crippen molar-refractivity contribution in [2.45, 2.75) is 31.1 Å². The van der Waals surface area contributed by atoms with Crippen molar-refractivity contribution in [1.82, 2.24) is 19.8 Å². The molecule has 4 rings (SSSR count). The molecule has 0 fully saturated rings. The summed E-state index contributed by atoms with van der Waals surface area (Å²) in [7, 11) is -3.65. The van der Waals surface area contributed by atoms with Gasteiger partial charge >= 0.3 is 0 Å². The van der Waals surface area contributed by atoms with E-state index < -0.39 is 21.7 Å². The van der Waals surface area contributed by atoms with Crippen molar-refractivity contribution >= 4 is 15.9 Å². The Hall–Kier alpha value is -3.04. The van der Waals surface area contributed by atoms with E-state index >= 15 is 0 Å². The Morgan fingerprint density at radius 1 is 1.10 bits per heavy atom. The van der Waals surface area contributed by atoms with Crippen LogP contribution in [0.5, 0.6) is 0 Å². The average molecular weight is 443 g/mol. The van der Waals surface area contributed by atoms with Crippen molar-refractivity contribution in [3.8, 4) is 5.69 Å². The molecule has 1 amide bonds. The number of aryl methyl sites for hydroxylation is 1. The molecule has 9 heteroatoms. The van der Waals surface area contributed by atoms with Gasteiger partial charge < -0.3 is 5.32 Å². The number of nitrogens with one attached hydrogen (secondary N) is 2. The normalized spacial score (nSPS) is 13.2. The van der Waals surface area contributed by atoms with Crippen molar-refractivity contribution in [3.05, 3.63) is 76.9 Å². The van der Waals surface area contributed by atoms with Crippen LogP contribution in [0.15, 0.2) is 53.4 Å². The number of carbonyl (C=O) groups is 1. The summed E-state index contributed by atoms with van der Waals surface area (Å²) in [4.78, 5) is 12.9. The second-order valence-electron chi connectivity index (χ2n) is 7.46. The van der Waals surface area contributed by atoms with E-state index in [4.69, 9.17) is 0 Å². The first-order valence-electron chi connectivity index (χ1n) is 10.1. The lowest BCUT2D eigenvalue weighted by Crippen LogP contribution is -2.35. The smallest absolute Gasteiger partial charge is 0.272 e. The number of nitrogens with zero attached hydrogens (tertiary/aromatic N) is 2. The molecule has 31 heavy (non-hydrogen) atoms. The second kappa shape index (κ2) is 8.60. The van der Waals surface area contributed by atoms with Gasteiger partial charge in [-0.05, 0) is 50.5 Å². The minimum atomic E-state index is -3.65. The van der Waals surface area contributed by atoms with Gasteiger partial charge in [-0.1, -0.05) is 29.8 Å². The summed E-state index contributed by atoms with van der Waals surface area (Å²) < 4.78 is 42.9. The number of aromatic nitrogens is 2. The number of hydrogen-bond acceptors (Lipinski definition) is 4. The standard InChI is InChI=1S/C22H23FN4O3S/c1-15-9-11-16(12-10-15)31(29,30)25-14-13-24-22(28)21-17-5-4-8-19(17)27(26-21)20-7-3-2-6-18(20)23/h2-3,6-7,9-12,25H,4-5,8,13-14H2,1H3,(H,24,28). The van der Waals surface area contributed by atoms with Gasteiger partial charge in [-0.25, -0.2) is 22.2 Å². The molecule has 1 aliphatic carbocycles. The third-order valence-corrected chi connectivity index (χ3v) is 6.74. The third-order valence-electron chi connectivity index (χ3n) is 5.26. The molecule has 0 unspecified atom stereocenters. The lowest BCUT2D eigenvalue weighted by molar-refractivity contribution is 0.0948. The minimum absolute atomic E-state index is 0.0398. The molecule has 0 saturated heterocycles. The molecule has 0 radical (unpaired) electrons. The summed E-state index contributed by atoms with van der Waals surface area (Å²) in [5, 5.41) is 7.08. The van der Waals surface area contributed by atoms with Crippen LogP contribution in [0.2, 0.25) is 0 Å². The van der Waals surface area contributed by atoms with Crippen LogP contribution in [0.1, 0.15) is 33.7 Å². The van der Waals surface area contributed by atoms with Crippen molar-refractivity contribution in [3.63, 3.8) is 0 Å². The highest BCUT2D eigenvalue weighted by Crippen LogP contribution is 2.28. The summed E-state index contributed by atoms with van der Waals surface area (Å²) in [6.45, 7) is 2.02. The Morgan fingerprint density at radius 2 is 1.84 bits per heavy atom. The maximum Gasteiger partial charge on any atom is 0.272 e. The maximum atomic E-state index is 14.2. The van der Waals surface area contributed by atoms with Gasteiger partial charge in [0.05, 0.1) is 4.90 Å². The molecular formula is C22H23FN4O3S. The summed E-state index contributed by atoms with van der Waals surface area (Å²) >= 11 is 0. The quantitative estimate of drug-likeness (QED) is 0.550. The van der Waals surface area contributed by atoms with Crippen molar-refractivity contribution < 1.29 is 17.6 Å². The summed E-state index contributed by atoms with van der Waals surface area (Å²) in [6.07, 6.45) is 2.30. The van der Waals surface area contributed by atoms with E-state index in [0.717, 1.165) is 29.7 Å². The maximum absolute atomic E-state index is 14.2. The number of fused-ring (bicyclic) bond motifs is 1. The fourth-order valence-electron chi connectivity index (χ4n) is 3.69. The number of carbonyl (C=O) groups excluding carboxylic acids is 1. The Balaban J connectivity index is 1.42. The highest BCUT2D eigenvalue weighted by Gasteiger charge is 2.27. The van der Waals surface area contributed by atoms with E-state index in [9.17, 15) is 17.6 Å². The Labute approximate surface area is 180 Å². The number of hydrogen-bond donors (Lipinski definition) is 2. The van der Waals surface area contributed by atoms with Crippen LogP contribution in [0.25, 0.3) is 5.69 Å². The van der Waals surface area contributed by atoms with Gasteiger partial charge in [0.15, 0.2) is 5.69 Å². The molecule has 2 N–H and O–H groups in total. The van der Waals surface area contributed by atoms with Crippen LogP contribution < -0.4 is 10.0 Å². The van der Waals surface area contributed by atoms with E-state index in [1.807, 2.05) is 6.92 Å². The van der Waals surface area contributed by atoms with Gasteiger partial charge in [0.2, 0.25) is 10.0 Å². The summed E-state index contributed by atoms with van der Waals surface area (Å²) in [5.41, 5.74) is 3.20. The monoisotopic (exact) mass is 442 g/mol. The number of benzene rings is 2. The van der Waals surface area contributed by atoms with Crippen LogP contribution in [-0.2, 0) is 22.9 Å². The number of halogens is 1. The fraction of sp³-hybridized carbons (Fsp3) is 0.273. The predicted molar refractivity (Wildman–Crippen MR) is 114 cm³/mol. The third kappa shape index (κ3) is 4.38. The minimum Gasteiger partial charge on any atom is -0.349 e. The van der Waals surface area contributed by atoms with Gasteiger partial charge in [0.1, 0.15) is 11.5 Å². The molecule has 0 spiro atoms. The van der Waals surface area contributed by atoms with Gasteiger partial charge in [0.25, 0.3) is 5.91 Å². The SMILES string of the molecule is Cc1ccc(S(=O)(=O)NCCNC(=O)c2nn(-c3ccccc3F)c3c2CCC3)cc1. The zero-order valence-electron chi connectivity index (χ0n) is 17.1. The lowest BCUT2D eigenvalue weighted by atomic mass is 10.2. The lowest BCUT2D eigenvalue weighted by Gasteiger charge is -2.08. The zero-order chi connectivity index (χ0) is 22.0. The van der Waals surface area contributed by atoms with E-state index in [-0.39, 0.29) is 23.7 Å². The zero-order valence-corrected chi connectivity index (χ0v) is 17.9. The van der Waals surface area contributed by atoms with Gasteiger partial charge in [-0.2, -0.15) is 5.10 Å². The molecule has 162 valence electrons. The van der Waals surface area contributed by atoms with Gasteiger partial charge in [0, 0.05) is 24.3 Å². The first-order chi connectivity index (χ1) is 14.9. The van der Waals surface area contributed by atoms with Crippen molar-refractivity contribution in [2.75, 3.05) is 13.1 Å². The number of amides is 1. The van der Waals surface area contributed by atoms with E-state index in [0.29, 0.717) is 12.1 Å². The highest BCUT2D eigenvalue weighted by molar-refractivity contribution is 7.89.